The predicted molar refractivity (Wildman–Crippen MR) is 75.4 cm³/mol. The molecule has 3 nitrogen and oxygen atoms in total. The molecule has 0 amide bonds. The Bertz CT molecular complexity index is 368. The average molecular weight is 337 g/mol. The van der Waals surface area contributed by atoms with Crippen molar-refractivity contribution in [3.63, 3.8) is 0 Å². The summed E-state index contributed by atoms with van der Waals surface area (Å²) in [6.45, 7) is 1.72. The highest BCUT2D eigenvalue weighted by Crippen LogP contribution is 2.26. The molecule has 0 aliphatic rings. The van der Waals surface area contributed by atoms with Crippen molar-refractivity contribution in [2.24, 2.45) is 0 Å². The molecule has 0 spiro atoms. The summed E-state index contributed by atoms with van der Waals surface area (Å²) >= 11 is 1.94. The first kappa shape index (κ1) is 13.5. The fraction of sp³-hybridized carbons (Fsp3) is 0.455. The summed E-state index contributed by atoms with van der Waals surface area (Å²) in [5, 5.41) is 0. The van der Waals surface area contributed by atoms with Crippen molar-refractivity contribution < 1.29 is 4.39 Å². The third-order valence-corrected chi connectivity index (χ3v) is 3.19. The molecule has 0 saturated heterocycles. The Kier molecular flexibility index (Phi) is 4.79. The Labute approximate surface area is 110 Å². The van der Waals surface area contributed by atoms with Crippen molar-refractivity contribution in [1.82, 2.24) is 4.90 Å². The van der Waals surface area contributed by atoms with Gasteiger partial charge in [-0.1, -0.05) is 0 Å². The van der Waals surface area contributed by atoms with E-state index in [9.17, 15) is 4.39 Å². The van der Waals surface area contributed by atoms with E-state index in [0.29, 0.717) is 9.26 Å². The lowest BCUT2D eigenvalue weighted by Crippen LogP contribution is -2.29. The maximum absolute atomic E-state index is 13.4. The molecule has 2 N–H and O–H groups in total. The van der Waals surface area contributed by atoms with Crippen LogP contribution >= 0.6 is 22.6 Å². The van der Waals surface area contributed by atoms with Gasteiger partial charge in [-0.25, -0.2) is 4.39 Å². The van der Waals surface area contributed by atoms with Crippen molar-refractivity contribution in [3.05, 3.63) is 21.5 Å². The summed E-state index contributed by atoms with van der Waals surface area (Å²) in [7, 11) is 5.93. The number of rotatable bonds is 4. The highest BCUT2D eigenvalue weighted by Gasteiger charge is 2.09. The van der Waals surface area contributed by atoms with Crippen molar-refractivity contribution in [1.29, 1.82) is 0 Å². The van der Waals surface area contributed by atoms with Gasteiger partial charge in [-0.3, -0.25) is 0 Å². The van der Waals surface area contributed by atoms with E-state index in [-0.39, 0.29) is 5.82 Å². The number of nitrogen functional groups attached to an aromatic ring is 1. The van der Waals surface area contributed by atoms with Gasteiger partial charge in [0.2, 0.25) is 0 Å². The maximum atomic E-state index is 13.4. The van der Waals surface area contributed by atoms with Gasteiger partial charge in [0.25, 0.3) is 0 Å². The molecule has 0 radical (unpaired) electrons. The van der Waals surface area contributed by atoms with Crippen molar-refractivity contribution in [3.8, 4) is 0 Å². The first-order chi connectivity index (χ1) is 7.41. The molecule has 0 aromatic heterocycles. The zero-order valence-corrected chi connectivity index (χ0v) is 12.0. The van der Waals surface area contributed by atoms with Crippen LogP contribution in [-0.2, 0) is 0 Å². The summed E-state index contributed by atoms with van der Waals surface area (Å²) in [5.41, 5.74) is 7.24. The van der Waals surface area contributed by atoms with Crippen LogP contribution in [-0.4, -0.2) is 39.1 Å². The van der Waals surface area contributed by atoms with E-state index in [2.05, 4.69) is 4.90 Å². The van der Waals surface area contributed by atoms with Gasteiger partial charge in [0.1, 0.15) is 5.82 Å². The van der Waals surface area contributed by atoms with Crippen molar-refractivity contribution >= 4 is 34.0 Å². The Morgan fingerprint density at radius 1 is 1.25 bits per heavy atom. The maximum Gasteiger partial charge on any atom is 0.138 e. The molecule has 5 heteroatoms. The molecule has 90 valence electrons. The number of hydrogen-bond donors (Lipinski definition) is 1. The summed E-state index contributed by atoms with van der Waals surface area (Å²) in [5.74, 6) is -0.221. The van der Waals surface area contributed by atoms with Gasteiger partial charge in [-0.2, -0.15) is 0 Å². The first-order valence-electron chi connectivity index (χ1n) is 5.02. The number of nitrogens with two attached hydrogens (primary N) is 1. The van der Waals surface area contributed by atoms with Gasteiger partial charge >= 0.3 is 0 Å². The molecule has 0 unspecified atom stereocenters. The van der Waals surface area contributed by atoms with Gasteiger partial charge in [0.15, 0.2) is 0 Å². The number of hydrogen-bond acceptors (Lipinski definition) is 3. The minimum atomic E-state index is -0.221. The molecule has 0 heterocycles. The van der Waals surface area contributed by atoms with Gasteiger partial charge in [0.05, 0.1) is 14.9 Å². The molecule has 1 aromatic carbocycles. The van der Waals surface area contributed by atoms with Crippen LogP contribution in [0.4, 0.5) is 15.8 Å². The summed E-state index contributed by atoms with van der Waals surface area (Å²) in [4.78, 5) is 4.05. The molecule has 0 atom stereocenters. The number of anilines is 2. The molecule has 0 aliphatic heterocycles. The van der Waals surface area contributed by atoms with Crippen LogP contribution in [0.5, 0.6) is 0 Å². The Morgan fingerprint density at radius 2 is 1.88 bits per heavy atom. The predicted octanol–water partition coefficient (Wildman–Crippen LogP) is 2.01. The SMILES string of the molecule is CN(C)CCN(C)c1cc(F)c(I)cc1N. The lowest BCUT2D eigenvalue weighted by Gasteiger charge is -2.23. The number of halogens is 2. The Hall–Kier alpha value is -0.560. The largest absolute Gasteiger partial charge is 0.397 e. The second-order valence-electron chi connectivity index (χ2n) is 4.05. The number of nitrogens with zero attached hydrogens (tertiary/aromatic N) is 2. The van der Waals surface area contributed by atoms with Crippen LogP contribution < -0.4 is 10.6 Å². The quantitative estimate of drug-likeness (QED) is 0.674. The summed E-state index contributed by atoms with van der Waals surface area (Å²) in [6, 6.07) is 3.16. The fourth-order valence-corrected chi connectivity index (χ4v) is 1.84. The topological polar surface area (TPSA) is 32.5 Å². The smallest absolute Gasteiger partial charge is 0.138 e. The van der Waals surface area contributed by atoms with Crippen LogP contribution in [0.25, 0.3) is 0 Å². The van der Waals surface area contributed by atoms with Crippen LogP contribution in [0, 0.1) is 9.39 Å². The third-order valence-electron chi connectivity index (χ3n) is 2.36. The number of likely N-dealkylation sites (N-methyl/N-ethyl adjacent to an activating group) is 2. The van der Waals surface area contributed by atoms with E-state index < -0.39 is 0 Å². The lowest BCUT2D eigenvalue weighted by atomic mass is 10.2. The van der Waals surface area contributed by atoms with Crippen LogP contribution in [0.15, 0.2) is 12.1 Å². The molecule has 0 fully saturated rings. The second kappa shape index (κ2) is 5.67. The monoisotopic (exact) mass is 337 g/mol. The summed E-state index contributed by atoms with van der Waals surface area (Å²) in [6.07, 6.45) is 0. The van der Waals surface area contributed by atoms with Crippen LogP contribution in [0.3, 0.4) is 0 Å². The zero-order valence-electron chi connectivity index (χ0n) is 9.80. The molecular formula is C11H17FIN3. The van der Waals surface area contributed by atoms with Crippen molar-refractivity contribution in [2.75, 3.05) is 44.9 Å². The lowest BCUT2D eigenvalue weighted by molar-refractivity contribution is 0.416. The molecule has 16 heavy (non-hydrogen) atoms. The van der Waals surface area contributed by atoms with E-state index in [4.69, 9.17) is 5.73 Å². The number of benzene rings is 1. The normalized spacial score (nSPS) is 10.9. The van der Waals surface area contributed by atoms with Gasteiger partial charge < -0.3 is 15.5 Å². The Morgan fingerprint density at radius 3 is 2.44 bits per heavy atom. The molecule has 0 saturated carbocycles. The standard InChI is InChI=1S/C11H17FIN3/c1-15(2)4-5-16(3)11-6-8(12)9(13)7-10(11)14/h6-7H,4-5,14H2,1-3H3. The molecule has 1 aromatic rings. The van der Waals surface area contributed by atoms with E-state index in [1.807, 2.05) is 48.6 Å². The molecular weight excluding hydrogens is 320 g/mol. The minimum Gasteiger partial charge on any atom is -0.397 e. The Balaban J connectivity index is 2.82. The fourth-order valence-electron chi connectivity index (χ4n) is 1.35. The van der Waals surface area contributed by atoms with E-state index in [1.165, 1.54) is 6.07 Å². The molecule has 1 rings (SSSR count). The third kappa shape index (κ3) is 3.48. The van der Waals surface area contributed by atoms with Crippen LogP contribution in [0.1, 0.15) is 0 Å². The van der Waals surface area contributed by atoms with Gasteiger partial charge in [0, 0.05) is 26.2 Å². The highest BCUT2D eigenvalue weighted by atomic mass is 127. The average Bonchev–Trinajstić information content (AvgIpc) is 2.20. The summed E-state index contributed by atoms with van der Waals surface area (Å²) < 4.78 is 14.0. The first-order valence-corrected chi connectivity index (χ1v) is 6.10. The molecule has 0 aliphatic carbocycles. The second-order valence-corrected chi connectivity index (χ2v) is 5.21. The zero-order chi connectivity index (χ0) is 12.3. The van der Waals surface area contributed by atoms with Crippen molar-refractivity contribution in [2.45, 2.75) is 0 Å². The van der Waals surface area contributed by atoms with Crippen LogP contribution in [0.2, 0.25) is 0 Å². The minimum absolute atomic E-state index is 0.221. The molecule has 0 bridgehead atoms. The van der Waals surface area contributed by atoms with Gasteiger partial charge in [-0.05, 0) is 42.8 Å². The van der Waals surface area contributed by atoms with E-state index in [1.54, 1.807) is 6.07 Å². The highest BCUT2D eigenvalue weighted by molar-refractivity contribution is 14.1. The van der Waals surface area contributed by atoms with E-state index >= 15 is 0 Å². The van der Waals surface area contributed by atoms with E-state index in [0.717, 1.165) is 18.8 Å². The van der Waals surface area contributed by atoms with Gasteiger partial charge in [-0.15, -0.1) is 0 Å².